The van der Waals surface area contributed by atoms with Gasteiger partial charge >= 0.3 is 0 Å². The SMILES string of the molecule is COc1cc(OC)c(F)c(N(Cc2ncc[nH]2)c2ccc3ncc(C4C=NNC4)nc3n2)c1. The van der Waals surface area contributed by atoms with Gasteiger partial charge < -0.3 is 24.8 Å². The zero-order valence-electron chi connectivity index (χ0n) is 18.0. The molecule has 33 heavy (non-hydrogen) atoms. The molecule has 1 aliphatic rings. The van der Waals surface area contributed by atoms with Crippen molar-refractivity contribution in [2.24, 2.45) is 5.10 Å². The first-order chi connectivity index (χ1) is 16.2. The average Bonchev–Trinajstić information content (AvgIpc) is 3.57. The van der Waals surface area contributed by atoms with Crippen molar-refractivity contribution in [1.29, 1.82) is 0 Å². The second-order valence-electron chi connectivity index (χ2n) is 7.34. The summed E-state index contributed by atoms with van der Waals surface area (Å²) in [6, 6.07) is 6.66. The van der Waals surface area contributed by atoms with E-state index >= 15 is 4.39 Å². The van der Waals surface area contributed by atoms with Gasteiger partial charge in [-0.2, -0.15) is 5.10 Å². The second kappa shape index (κ2) is 8.69. The molecule has 1 aromatic carbocycles. The predicted molar refractivity (Wildman–Crippen MR) is 121 cm³/mol. The van der Waals surface area contributed by atoms with Crippen LogP contribution in [0.1, 0.15) is 17.4 Å². The lowest BCUT2D eigenvalue weighted by Gasteiger charge is -2.25. The number of rotatable bonds is 7. The molecule has 4 heterocycles. The lowest BCUT2D eigenvalue weighted by atomic mass is 10.1. The number of nitrogens with one attached hydrogen (secondary N) is 2. The van der Waals surface area contributed by atoms with E-state index in [0.29, 0.717) is 35.1 Å². The van der Waals surface area contributed by atoms with E-state index < -0.39 is 5.82 Å². The number of anilines is 2. The summed E-state index contributed by atoms with van der Waals surface area (Å²) in [6.07, 6.45) is 6.86. The van der Waals surface area contributed by atoms with E-state index in [2.05, 4.69) is 30.5 Å². The van der Waals surface area contributed by atoms with Gasteiger partial charge in [-0.1, -0.05) is 0 Å². The first-order valence-electron chi connectivity index (χ1n) is 10.2. The van der Waals surface area contributed by atoms with Crippen LogP contribution >= 0.6 is 0 Å². The topological polar surface area (TPSA) is 113 Å². The van der Waals surface area contributed by atoms with Crippen molar-refractivity contribution in [3.63, 3.8) is 0 Å². The van der Waals surface area contributed by atoms with Crippen LogP contribution in [0.5, 0.6) is 11.5 Å². The highest BCUT2D eigenvalue weighted by atomic mass is 19.1. The van der Waals surface area contributed by atoms with Gasteiger partial charge in [-0.05, 0) is 12.1 Å². The van der Waals surface area contributed by atoms with E-state index in [1.54, 1.807) is 47.9 Å². The first kappa shape index (κ1) is 20.6. The van der Waals surface area contributed by atoms with Crippen LogP contribution in [-0.4, -0.2) is 51.9 Å². The first-order valence-corrected chi connectivity index (χ1v) is 10.2. The quantitative estimate of drug-likeness (QED) is 0.444. The number of nitrogens with zero attached hydrogens (tertiary/aromatic N) is 6. The summed E-state index contributed by atoms with van der Waals surface area (Å²) in [7, 11) is 2.92. The molecule has 4 aromatic rings. The number of hydrazone groups is 1. The number of aromatic nitrogens is 5. The van der Waals surface area contributed by atoms with E-state index in [4.69, 9.17) is 14.5 Å². The summed E-state index contributed by atoms with van der Waals surface area (Å²) in [6.45, 7) is 0.879. The molecule has 1 aliphatic heterocycles. The van der Waals surface area contributed by atoms with Crippen molar-refractivity contribution in [2.75, 3.05) is 25.7 Å². The fraction of sp³-hybridized carbons (Fsp3) is 0.227. The van der Waals surface area contributed by atoms with Crippen LogP contribution in [0.4, 0.5) is 15.9 Å². The smallest absolute Gasteiger partial charge is 0.188 e. The molecule has 2 N–H and O–H groups in total. The Labute approximate surface area is 188 Å². The van der Waals surface area contributed by atoms with E-state index in [0.717, 1.165) is 5.69 Å². The molecular weight excluding hydrogens is 427 g/mol. The zero-order valence-corrected chi connectivity index (χ0v) is 18.0. The highest BCUT2D eigenvalue weighted by Gasteiger charge is 2.22. The molecule has 10 nitrogen and oxygen atoms in total. The van der Waals surface area contributed by atoms with Crippen LogP contribution in [-0.2, 0) is 6.54 Å². The lowest BCUT2D eigenvalue weighted by molar-refractivity contribution is 0.374. The van der Waals surface area contributed by atoms with Crippen LogP contribution < -0.4 is 19.8 Å². The Kier molecular flexibility index (Phi) is 5.43. The number of aromatic amines is 1. The molecule has 168 valence electrons. The summed E-state index contributed by atoms with van der Waals surface area (Å²) < 4.78 is 26.0. The van der Waals surface area contributed by atoms with Gasteiger partial charge in [-0.3, -0.25) is 4.98 Å². The number of hydrogen-bond donors (Lipinski definition) is 2. The third kappa shape index (κ3) is 4.00. The molecule has 5 rings (SSSR count). The van der Waals surface area contributed by atoms with Gasteiger partial charge in [0.2, 0.25) is 0 Å². The molecule has 1 unspecified atom stereocenters. The van der Waals surface area contributed by atoms with Gasteiger partial charge in [0.25, 0.3) is 0 Å². The summed E-state index contributed by atoms with van der Waals surface area (Å²) in [4.78, 5) is 22.9. The maximum atomic E-state index is 15.4. The fourth-order valence-corrected chi connectivity index (χ4v) is 3.60. The summed E-state index contributed by atoms with van der Waals surface area (Å²) in [5.74, 6) is 1.09. The van der Waals surface area contributed by atoms with Crippen LogP contribution in [0.3, 0.4) is 0 Å². The maximum Gasteiger partial charge on any atom is 0.188 e. The Morgan fingerprint density at radius 1 is 1.15 bits per heavy atom. The van der Waals surface area contributed by atoms with Crippen molar-refractivity contribution >= 4 is 28.9 Å². The molecule has 0 saturated heterocycles. The minimum Gasteiger partial charge on any atom is -0.497 e. The molecule has 0 aliphatic carbocycles. The molecule has 0 fully saturated rings. The van der Waals surface area contributed by atoms with Crippen LogP contribution in [0.2, 0.25) is 0 Å². The van der Waals surface area contributed by atoms with Crippen molar-refractivity contribution in [1.82, 2.24) is 30.3 Å². The average molecular weight is 448 g/mol. The Morgan fingerprint density at radius 3 is 2.79 bits per heavy atom. The number of fused-ring (bicyclic) bond motifs is 1. The maximum absolute atomic E-state index is 15.4. The number of pyridine rings is 1. The molecular formula is C22H21FN8O2. The number of methoxy groups -OCH3 is 2. The molecule has 11 heteroatoms. The third-order valence-corrected chi connectivity index (χ3v) is 5.33. The monoisotopic (exact) mass is 448 g/mol. The van der Waals surface area contributed by atoms with E-state index in [1.807, 2.05) is 0 Å². The van der Waals surface area contributed by atoms with Crippen LogP contribution in [0.25, 0.3) is 11.2 Å². The summed E-state index contributed by atoms with van der Waals surface area (Å²) in [5.41, 5.74) is 4.99. The van der Waals surface area contributed by atoms with E-state index in [9.17, 15) is 0 Å². The minimum atomic E-state index is -0.542. The van der Waals surface area contributed by atoms with Crippen molar-refractivity contribution in [3.05, 3.63) is 60.2 Å². The van der Waals surface area contributed by atoms with Gasteiger partial charge in [0.1, 0.15) is 22.9 Å². The number of H-pyrrole nitrogens is 1. The number of benzene rings is 1. The van der Waals surface area contributed by atoms with E-state index in [-0.39, 0.29) is 23.9 Å². The largest absolute Gasteiger partial charge is 0.497 e. The highest BCUT2D eigenvalue weighted by molar-refractivity contribution is 5.76. The standard InChI is InChI=1S/C22H21FN8O2/c1-32-14-7-17(21(23)18(8-14)33-2)31(12-19-24-5-6-25-19)20-4-3-15-22(30-20)29-16(11-26-15)13-9-27-28-10-13/h3-9,11,13,28H,10,12H2,1-2H3,(H,24,25). The van der Waals surface area contributed by atoms with Crippen molar-refractivity contribution in [3.8, 4) is 11.5 Å². The van der Waals surface area contributed by atoms with Crippen molar-refractivity contribution < 1.29 is 13.9 Å². The van der Waals surface area contributed by atoms with Crippen molar-refractivity contribution in [2.45, 2.75) is 12.5 Å². The molecule has 0 radical (unpaired) electrons. The molecule has 1 atom stereocenters. The Hall–Kier alpha value is -4.28. The Bertz CT molecular complexity index is 1310. The molecule has 0 spiro atoms. The van der Waals surface area contributed by atoms with Gasteiger partial charge in [-0.25, -0.2) is 19.3 Å². The van der Waals surface area contributed by atoms with E-state index in [1.165, 1.54) is 20.3 Å². The lowest BCUT2D eigenvalue weighted by Crippen LogP contribution is -2.20. The van der Waals surface area contributed by atoms with Gasteiger partial charge in [-0.15, -0.1) is 0 Å². The number of imidazole rings is 1. The molecule has 3 aromatic heterocycles. The summed E-state index contributed by atoms with van der Waals surface area (Å²) in [5, 5.41) is 4.04. The highest BCUT2D eigenvalue weighted by Crippen LogP contribution is 2.37. The van der Waals surface area contributed by atoms with Gasteiger partial charge in [0.05, 0.1) is 44.3 Å². The van der Waals surface area contributed by atoms with Gasteiger partial charge in [0, 0.05) is 37.3 Å². The van der Waals surface area contributed by atoms with Gasteiger partial charge in [0.15, 0.2) is 17.2 Å². The Morgan fingerprint density at radius 2 is 2.06 bits per heavy atom. The molecule has 0 amide bonds. The second-order valence-corrected chi connectivity index (χ2v) is 7.34. The summed E-state index contributed by atoms with van der Waals surface area (Å²) >= 11 is 0. The van der Waals surface area contributed by atoms with Crippen LogP contribution in [0, 0.1) is 5.82 Å². The predicted octanol–water partition coefficient (Wildman–Crippen LogP) is 2.92. The molecule has 0 saturated carbocycles. The number of ether oxygens (including phenoxy) is 2. The number of halogens is 1. The fourth-order valence-electron chi connectivity index (χ4n) is 3.60. The normalized spacial score (nSPS) is 14.9. The number of hydrogen-bond acceptors (Lipinski definition) is 9. The zero-order chi connectivity index (χ0) is 22.8. The molecule has 0 bridgehead atoms. The Balaban J connectivity index is 1.63. The minimum absolute atomic E-state index is 0.0201. The van der Waals surface area contributed by atoms with Crippen LogP contribution in [0.15, 0.2) is 48.0 Å². The third-order valence-electron chi connectivity index (χ3n) is 5.33.